The van der Waals surface area contributed by atoms with Crippen LogP contribution in [-0.4, -0.2) is 44.3 Å². The number of benzene rings is 1. The highest BCUT2D eigenvalue weighted by molar-refractivity contribution is 5.50. The van der Waals surface area contributed by atoms with Crippen molar-refractivity contribution < 1.29 is 13.9 Å². The lowest BCUT2D eigenvalue weighted by molar-refractivity contribution is 0.164. The molecule has 1 aromatic carbocycles. The van der Waals surface area contributed by atoms with Crippen LogP contribution in [0.1, 0.15) is 11.1 Å². The van der Waals surface area contributed by atoms with Crippen molar-refractivity contribution in [3.8, 4) is 11.5 Å². The second-order valence-electron chi connectivity index (χ2n) is 4.94. The summed E-state index contributed by atoms with van der Waals surface area (Å²) in [7, 11) is 0. The molecule has 0 bridgehead atoms. The first-order valence-corrected chi connectivity index (χ1v) is 6.77. The van der Waals surface area contributed by atoms with Gasteiger partial charge in [0.2, 0.25) is 0 Å². The van der Waals surface area contributed by atoms with Crippen molar-refractivity contribution in [1.82, 2.24) is 10.2 Å². The molecule has 1 saturated heterocycles. The van der Waals surface area contributed by atoms with Crippen molar-refractivity contribution in [2.75, 3.05) is 39.4 Å². The van der Waals surface area contributed by atoms with Gasteiger partial charge < -0.3 is 14.8 Å². The first kappa shape index (κ1) is 12.7. The number of fused-ring (bicyclic) bond motifs is 1. The molecule has 4 nitrogen and oxygen atoms in total. The van der Waals surface area contributed by atoms with E-state index in [1.54, 1.807) is 6.07 Å². The molecule has 1 aromatic rings. The molecule has 3 rings (SSSR count). The minimum absolute atomic E-state index is 0.467. The summed E-state index contributed by atoms with van der Waals surface area (Å²) in [6.07, 6.45) is 0. The van der Waals surface area contributed by atoms with Crippen LogP contribution in [-0.2, 0) is 13.2 Å². The molecule has 0 spiro atoms. The lowest BCUT2D eigenvalue weighted by atomic mass is 10.1. The van der Waals surface area contributed by atoms with Gasteiger partial charge in [0, 0.05) is 38.3 Å². The van der Waals surface area contributed by atoms with Gasteiger partial charge in [-0.3, -0.25) is 4.90 Å². The zero-order chi connectivity index (χ0) is 13.1. The Labute approximate surface area is 112 Å². The molecular weight excluding hydrogens is 247 g/mol. The van der Waals surface area contributed by atoms with Gasteiger partial charge in [-0.25, -0.2) is 4.39 Å². The van der Waals surface area contributed by atoms with Crippen molar-refractivity contribution in [2.45, 2.75) is 13.2 Å². The van der Waals surface area contributed by atoms with Crippen molar-refractivity contribution in [2.24, 2.45) is 0 Å². The predicted molar refractivity (Wildman–Crippen MR) is 70.4 cm³/mol. The van der Waals surface area contributed by atoms with Crippen LogP contribution < -0.4 is 14.8 Å². The number of ether oxygens (including phenoxy) is 2. The van der Waals surface area contributed by atoms with E-state index in [0.29, 0.717) is 24.5 Å². The molecule has 1 N–H and O–H groups in total. The van der Waals surface area contributed by atoms with Crippen LogP contribution >= 0.6 is 0 Å². The largest absolute Gasteiger partial charge is 0.486 e. The molecule has 0 saturated carbocycles. The summed E-state index contributed by atoms with van der Waals surface area (Å²) in [4.78, 5) is 2.35. The van der Waals surface area contributed by atoms with Crippen LogP contribution in [0.15, 0.2) is 12.1 Å². The van der Waals surface area contributed by atoms with E-state index in [0.717, 1.165) is 44.0 Å². The summed E-state index contributed by atoms with van der Waals surface area (Å²) in [6.45, 7) is 5.45. The van der Waals surface area contributed by atoms with Gasteiger partial charge in [-0.2, -0.15) is 0 Å². The van der Waals surface area contributed by atoms with Gasteiger partial charge in [0.15, 0.2) is 11.5 Å². The Morgan fingerprint density at radius 1 is 1.16 bits per heavy atom. The van der Waals surface area contributed by atoms with Crippen LogP contribution in [0.2, 0.25) is 0 Å². The maximum Gasteiger partial charge on any atom is 0.165 e. The second kappa shape index (κ2) is 5.75. The predicted octanol–water partition coefficient (Wildman–Crippen LogP) is 1.33. The SMILES string of the molecule is FCc1cc(CN2CCNCC2)c2c(c1)OCCO2. The standard InChI is InChI=1S/C14H19FN2O2/c15-9-11-7-12(10-17-3-1-16-2-4-17)14-13(8-11)18-5-6-19-14/h7-8,16H,1-6,9-10H2. The van der Waals surface area contributed by atoms with Crippen molar-refractivity contribution in [3.05, 3.63) is 23.3 Å². The molecule has 0 radical (unpaired) electrons. The van der Waals surface area contributed by atoms with Crippen molar-refractivity contribution in [1.29, 1.82) is 0 Å². The van der Waals surface area contributed by atoms with E-state index in [9.17, 15) is 4.39 Å². The van der Waals surface area contributed by atoms with Crippen molar-refractivity contribution in [3.63, 3.8) is 0 Å². The highest BCUT2D eigenvalue weighted by Gasteiger charge is 2.20. The van der Waals surface area contributed by atoms with E-state index in [-0.39, 0.29) is 0 Å². The Morgan fingerprint density at radius 2 is 1.95 bits per heavy atom. The molecule has 0 aliphatic carbocycles. The fraction of sp³-hybridized carbons (Fsp3) is 0.571. The topological polar surface area (TPSA) is 33.7 Å². The van der Waals surface area contributed by atoms with E-state index < -0.39 is 6.67 Å². The minimum atomic E-state index is -0.467. The quantitative estimate of drug-likeness (QED) is 0.895. The zero-order valence-electron chi connectivity index (χ0n) is 11.0. The molecule has 2 heterocycles. The number of alkyl halides is 1. The van der Waals surface area contributed by atoms with Crippen LogP contribution in [0.3, 0.4) is 0 Å². The Hall–Kier alpha value is -1.33. The maximum absolute atomic E-state index is 12.9. The highest BCUT2D eigenvalue weighted by atomic mass is 19.1. The van der Waals surface area contributed by atoms with Crippen LogP contribution in [0.5, 0.6) is 11.5 Å². The van der Waals surface area contributed by atoms with E-state index in [1.165, 1.54) is 0 Å². The molecule has 1 fully saturated rings. The summed E-state index contributed by atoms with van der Waals surface area (Å²) >= 11 is 0. The van der Waals surface area contributed by atoms with Gasteiger partial charge in [0.25, 0.3) is 0 Å². The summed E-state index contributed by atoms with van der Waals surface area (Å²) in [5.74, 6) is 1.48. The number of piperazine rings is 1. The number of hydrogen-bond acceptors (Lipinski definition) is 4. The third-order valence-corrected chi connectivity index (χ3v) is 3.54. The van der Waals surface area contributed by atoms with Gasteiger partial charge in [0.1, 0.15) is 19.9 Å². The van der Waals surface area contributed by atoms with E-state index >= 15 is 0 Å². The molecule has 0 aromatic heterocycles. The first-order chi connectivity index (χ1) is 9.36. The molecule has 2 aliphatic rings. The molecule has 2 aliphatic heterocycles. The molecule has 0 atom stereocenters. The maximum atomic E-state index is 12.9. The highest BCUT2D eigenvalue weighted by Crippen LogP contribution is 2.36. The fourth-order valence-electron chi connectivity index (χ4n) is 2.59. The summed E-state index contributed by atoms with van der Waals surface area (Å²) in [5, 5.41) is 3.33. The molecule has 0 unspecified atom stereocenters. The molecule has 5 heteroatoms. The Bertz CT molecular complexity index is 447. The van der Waals surface area contributed by atoms with Gasteiger partial charge in [-0.05, 0) is 17.7 Å². The number of halogens is 1. The fourth-order valence-corrected chi connectivity index (χ4v) is 2.59. The van der Waals surface area contributed by atoms with Crippen molar-refractivity contribution >= 4 is 0 Å². The Morgan fingerprint density at radius 3 is 2.74 bits per heavy atom. The van der Waals surface area contributed by atoms with Crippen LogP contribution in [0.25, 0.3) is 0 Å². The Kier molecular flexibility index (Phi) is 3.84. The minimum Gasteiger partial charge on any atom is -0.486 e. The Balaban J connectivity index is 1.85. The molecular formula is C14H19FN2O2. The third-order valence-electron chi connectivity index (χ3n) is 3.54. The third kappa shape index (κ3) is 2.82. The van der Waals surface area contributed by atoms with Gasteiger partial charge >= 0.3 is 0 Å². The lowest BCUT2D eigenvalue weighted by Gasteiger charge is -2.29. The summed E-state index contributed by atoms with van der Waals surface area (Å²) in [6, 6.07) is 3.64. The van der Waals surface area contributed by atoms with E-state index in [2.05, 4.69) is 10.2 Å². The second-order valence-corrected chi connectivity index (χ2v) is 4.94. The molecule has 19 heavy (non-hydrogen) atoms. The molecule has 104 valence electrons. The average Bonchev–Trinajstić information content (AvgIpc) is 2.48. The molecule has 0 amide bonds. The first-order valence-electron chi connectivity index (χ1n) is 6.77. The lowest BCUT2D eigenvalue weighted by Crippen LogP contribution is -2.43. The summed E-state index contributed by atoms with van der Waals surface area (Å²) < 4.78 is 24.2. The number of nitrogens with zero attached hydrogens (tertiary/aromatic N) is 1. The normalized spacial score (nSPS) is 19.4. The monoisotopic (exact) mass is 266 g/mol. The number of hydrogen-bond donors (Lipinski definition) is 1. The van der Waals surface area contributed by atoms with Gasteiger partial charge in [-0.15, -0.1) is 0 Å². The van der Waals surface area contributed by atoms with Gasteiger partial charge in [-0.1, -0.05) is 0 Å². The van der Waals surface area contributed by atoms with Crippen LogP contribution in [0, 0.1) is 0 Å². The van der Waals surface area contributed by atoms with E-state index in [1.807, 2.05) is 6.07 Å². The van der Waals surface area contributed by atoms with Gasteiger partial charge in [0.05, 0.1) is 0 Å². The number of nitrogens with one attached hydrogen (secondary N) is 1. The van der Waals surface area contributed by atoms with Crippen LogP contribution in [0.4, 0.5) is 4.39 Å². The smallest absolute Gasteiger partial charge is 0.165 e. The average molecular weight is 266 g/mol. The van der Waals surface area contributed by atoms with E-state index in [4.69, 9.17) is 9.47 Å². The number of rotatable bonds is 3. The zero-order valence-corrected chi connectivity index (χ0v) is 11.0. The summed E-state index contributed by atoms with van der Waals surface area (Å²) in [5.41, 5.74) is 1.70.